The third-order valence-electron chi connectivity index (χ3n) is 2.66. The number of aliphatic hydroxyl groups is 1. The van der Waals surface area contributed by atoms with E-state index in [4.69, 9.17) is 4.74 Å². The summed E-state index contributed by atoms with van der Waals surface area (Å²) in [5, 5.41) is 23.0. The molecule has 0 aliphatic heterocycles. The van der Waals surface area contributed by atoms with Crippen LogP contribution in [-0.2, 0) is 14.3 Å². The van der Waals surface area contributed by atoms with Crippen LogP contribution in [0.3, 0.4) is 0 Å². The quantitative estimate of drug-likeness (QED) is 0.453. The summed E-state index contributed by atoms with van der Waals surface area (Å²) < 4.78 is 4.79. The van der Waals surface area contributed by atoms with E-state index in [0.717, 1.165) is 0 Å². The number of nitrogens with zero attached hydrogens (tertiary/aromatic N) is 1. The van der Waals surface area contributed by atoms with Crippen molar-refractivity contribution in [3.63, 3.8) is 0 Å². The smallest absolute Gasteiger partial charge is 0.331 e. The van der Waals surface area contributed by atoms with Crippen molar-refractivity contribution < 1.29 is 24.4 Å². The van der Waals surface area contributed by atoms with Crippen LogP contribution in [0, 0.1) is 10.1 Å². The molecule has 2 N–H and O–H groups in total. The van der Waals surface area contributed by atoms with Gasteiger partial charge >= 0.3 is 5.97 Å². The number of rotatable bonds is 6. The van der Waals surface area contributed by atoms with E-state index in [2.05, 4.69) is 5.32 Å². The Morgan fingerprint density at radius 3 is 2.38 bits per heavy atom. The fourth-order valence-corrected chi connectivity index (χ4v) is 1.70. The standard InChI is InChI=1S/C13H16N2O6/c1-3-21-13(18)11(14-8(2)16)12(17)9-4-6-10(7-5-9)15(19)20/h4-7,11-12,17H,3H2,1-2H3,(H,14,16)/t11-,12-/m0/s1. The van der Waals surface area contributed by atoms with E-state index in [1.807, 2.05) is 0 Å². The lowest BCUT2D eigenvalue weighted by molar-refractivity contribution is -0.384. The lowest BCUT2D eigenvalue weighted by atomic mass is 10.0. The van der Waals surface area contributed by atoms with E-state index in [1.165, 1.54) is 31.2 Å². The van der Waals surface area contributed by atoms with Crippen LogP contribution in [0.1, 0.15) is 25.5 Å². The number of non-ortho nitro benzene ring substituents is 1. The highest BCUT2D eigenvalue weighted by molar-refractivity contribution is 5.84. The molecular formula is C13H16N2O6. The molecule has 2 atom stereocenters. The molecule has 0 unspecified atom stereocenters. The lowest BCUT2D eigenvalue weighted by Gasteiger charge is -2.22. The minimum atomic E-state index is -1.37. The Morgan fingerprint density at radius 2 is 1.95 bits per heavy atom. The van der Waals surface area contributed by atoms with Crippen LogP contribution in [0.2, 0.25) is 0 Å². The second-order valence-corrected chi connectivity index (χ2v) is 4.22. The SMILES string of the molecule is CCOC(=O)[C@@H](NC(C)=O)[C@@H](O)c1ccc([N+](=O)[O-])cc1. The third kappa shape index (κ3) is 4.53. The molecule has 0 bridgehead atoms. The van der Waals surface area contributed by atoms with Gasteiger partial charge < -0.3 is 15.2 Å². The van der Waals surface area contributed by atoms with Crippen LogP contribution in [-0.4, -0.2) is 34.6 Å². The summed E-state index contributed by atoms with van der Waals surface area (Å²) >= 11 is 0. The summed E-state index contributed by atoms with van der Waals surface area (Å²) in [7, 11) is 0. The van der Waals surface area contributed by atoms with Gasteiger partial charge in [-0.2, -0.15) is 0 Å². The molecule has 1 aromatic carbocycles. The first-order chi connectivity index (χ1) is 9.86. The highest BCUT2D eigenvalue weighted by Crippen LogP contribution is 2.21. The number of aliphatic hydroxyl groups excluding tert-OH is 1. The van der Waals surface area contributed by atoms with Gasteiger partial charge in [0.05, 0.1) is 11.5 Å². The summed E-state index contributed by atoms with van der Waals surface area (Å²) in [5.74, 6) is -1.28. The molecule has 1 amide bonds. The number of hydrogen-bond acceptors (Lipinski definition) is 6. The topological polar surface area (TPSA) is 119 Å². The number of nitrogens with one attached hydrogen (secondary N) is 1. The van der Waals surface area contributed by atoms with Crippen LogP contribution >= 0.6 is 0 Å². The number of nitro groups is 1. The molecule has 21 heavy (non-hydrogen) atoms. The summed E-state index contributed by atoms with van der Waals surface area (Å²) in [6, 6.07) is 3.76. The van der Waals surface area contributed by atoms with Gasteiger partial charge in [-0.1, -0.05) is 0 Å². The summed E-state index contributed by atoms with van der Waals surface area (Å²) in [6.07, 6.45) is -1.37. The number of amides is 1. The number of nitro benzene ring substituents is 1. The van der Waals surface area contributed by atoms with Crippen molar-refractivity contribution in [2.75, 3.05) is 6.61 Å². The molecule has 0 fully saturated rings. The van der Waals surface area contributed by atoms with Crippen LogP contribution in [0.15, 0.2) is 24.3 Å². The minimum Gasteiger partial charge on any atom is -0.464 e. The van der Waals surface area contributed by atoms with Gasteiger partial charge in [-0.15, -0.1) is 0 Å². The van der Waals surface area contributed by atoms with Gasteiger partial charge in [0, 0.05) is 19.1 Å². The Balaban J connectivity index is 2.97. The molecule has 114 valence electrons. The number of ether oxygens (including phenoxy) is 1. The summed E-state index contributed by atoms with van der Waals surface area (Å²) in [5.41, 5.74) is 0.116. The Kier molecular flexibility index (Phi) is 5.79. The molecular weight excluding hydrogens is 280 g/mol. The molecule has 0 radical (unpaired) electrons. The zero-order valence-corrected chi connectivity index (χ0v) is 11.6. The molecule has 8 nitrogen and oxygen atoms in total. The van der Waals surface area contributed by atoms with E-state index in [-0.39, 0.29) is 17.9 Å². The highest BCUT2D eigenvalue weighted by Gasteiger charge is 2.30. The van der Waals surface area contributed by atoms with Gasteiger partial charge in [0.15, 0.2) is 6.04 Å². The first-order valence-electron chi connectivity index (χ1n) is 6.23. The maximum absolute atomic E-state index is 11.8. The van der Waals surface area contributed by atoms with Gasteiger partial charge in [-0.25, -0.2) is 4.79 Å². The van der Waals surface area contributed by atoms with Crippen LogP contribution < -0.4 is 5.32 Å². The maximum atomic E-state index is 11.8. The van der Waals surface area contributed by atoms with Crippen LogP contribution in [0.4, 0.5) is 5.69 Å². The molecule has 0 aliphatic rings. The Morgan fingerprint density at radius 1 is 1.38 bits per heavy atom. The van der Waals surface area contributed by atoms with Crippen molar-refractivity contribution in [3.05, 3.63) is 39.9 Å². The Hall–Kier alpha value is -2.48. The van der Waals surface area contributed by atoms with E-state index in [9.17, 15) is 24.8 Å². The van der Waals surface area contributed by atoms with Crippen molar-refractivity contribution in [1.82, 2.24) is 5.32 Å². The van der Waals surface area contributed by atoms with E-state index >= 15 is 0 Å². The first-order valence-corrected chi connectivity index (χ1v) is 6.23. The minimum absolute atomic E-state index is 0.0991. The average Bonchev–Trinajstić information content (AvgIpc) is 2.44. The van der Waals surface area contributed by atoms with E-state index < -0.39 is 28.9 Å². The van der Waals surface area contributed by atoms with Gasteiger partial charge in [0.2, 0.25) is 5.91 Å². The van der Waals surface area contributed by atoms with Crippen molar-refractivity contribution in [1.29, 1.82) is 0 Å². The molecule has 1 aromatic rings. The zero-order chi connectivity index (χ0) is 16.0. The van der Waals surface area contributed by atoms with Crippen molar-refractivity contribution >= 4 is 17.6 Å². The van der Waals surface area contributed by atoms with E-state index in [0.29, 0.717) is 0 Å². The Bertz CT molecular complexity index is 528. The molecule has 0 aromatic heterocycles. The molecule has 0 saturated heterocycles. The second kappa shape index (κ2) is 7.34. The fourth-order valence-electron chi connectivity index (χ4n) is 1.70. The largest absolute Gasteiger partial charge is 0.464 e. The predicted molar refractivity (Wildman–Crippen MR) is 72.3 cm³/mol. The zero-order valence-electron chi connectivity index (χ0n) is 11.6. The normalized spacial score (nSPS) is 13.1. The van der Waals surface area contributed by atoms with Crippen molar-refractivity contribution in [2.45, 2.75) is 26.0 Å². The molecule has 1 rings (SSSR count). The average molecular weight is 296 g/mol. The number of carbonyl (C=O) groups is 2. The lowest BCUT2D eigenvalue weighted by Crippen LogP contribution is -2.45. The molecule has 0 spiro atoms. The number of benzene rings is 1. The Labute approximate surface area is 120 Å². The van der Waals surface area contributed by atoms with Crippen molar-refractivity contribution in [3.8, 4) is 0 Å². The number of hydrogen-bond donors (Lipinski definition) is 2. The van der Waals surface area contributed by atoms with E-state index in [1.54, 1.807) is 6.92 Å². The molecule has 0 aliphatic carbocycles. The molecule has 0 heterocycles. The van der Waals surface area contributed by atoms with Gasteiger partial charge in [0.1, 0.15) is 6.10 Å². The van der Waals surface area contributed by atoms with Gasteiger partial charge in [0.25, 0.3) is 5.69 Å². The summed E-state index contributed by atoms with van der Waals surface area (Å²) in [4.78, 5) is 32.9. The highest BCUT2D eigenvalue weighted by atomic mass is 16.6. The van der Waals surface area contributed by atoms with Crippen molar-refractivity contribution in [2.24, 2.45) is 0 Å². The predicted octanol–water partition coefficient (Wildman–Crippen LogP) is 0.696. The van der Waals surface area contributed by atoms with Crippen LogP contribution in [0.25, 0.3) is 0 Å². The summed E-state index contributed by atoms with van der Waals surface area (Å²) in [6.45, 7) is 2.90. The molecule has 8 heteroatoms. The monoisotopic (exact) mass is 296 g/mol. The fraction of sp³-hybridized carbons (Fsp3) is 0.385. The maximum Gasteiger partial charge on any atom is 0.331 e. The molecule has 0 saturated carbocycles. The van der Waals surface area contributed by atoms with Gasteiger partial charge in [-0.3, -0.25) is 14.9 Å². The second-order valence-electron chi connectivity index (χ2n) is 4.22. The van der Waals surface area contributed by atoms with Gasteiger partial charge in [-0.05, 0) is 24.6 Å². The number of carbonyl (C=O) groups excluding carboxylic acids is 2. The number of esters is 1. The third-order valence-corrected chi connectivity index (χ3v) is 2.66. The first kappa shape index (κ1) is 16.6. The van der Waals surface area contributed by atoms with Crippen LogP contribution in [0.5, 0.6) is 0 Å².